The van der Waals surface area contributed by atoms with Crippen LogP contribution in [0.15, 0.2) is 16.9 Å². The van der Waals surface area contributed by atoms with E-state index >= 15 is 0 Å². The number of aromatic amines is 1. The van der Waals surface area contributed by atoms with E-state index in [0.29, 0.717) is 36.0 Å². The lowest BCUT2D eigenvalue weighted by atomic mass is 9.93. The van der Waals surface area contributed by atoms with E-state index in [0.717, 1.165) is 60.2 Å². The summed E-state index contributed by atoms with van der Waals surface area (Å²) in [6.45, 7) is 10.9. The van der Waals surface area contributed by atoms with Gasteiger partial charge in [0.1, 0.15) is 0 Å². The molecule has 1 amide bonds. The van der Waals surface area contributed by atoms with E-state index in [1.807, 2.05) is 39.8 Å². The molecule has 2 aliphatic rings. The van der Waals surface area contributed by atoms with E-state index in [-0.39, 0.29) is 11.5 Å². The second-order valence-electron chi connectivity index (χ2n) is 10.5. The number of carbonyl (C=O) groups excluding carboxylic acids is 1. The van der Waals surface area contributed by atoms with E-state index in [4.69, 9.17) is 9.47 Å². The van der Waals surface area contributed by atoms with Crippen LogP contribution in [-0.4, -0.2) is 53.2 Å². The molecule has 4 rings (SSSR count). The van der Waals surface area contributed by atoms with Gasteiger partial charge in [-0.3, -0.25) is 9.59 Å². The molecule has 2 unspecified atom stereocenters. The Morgan fingerprint density at radius 2 is 1.91 bits per heavy atom. The summed E-state index contributed by atoms with van der Waals surface area (Å²) < 4.78 is 12.7. The van der Waals surface area contributed by atoms with E-state index in [1.54, 1.807) is 4.90 Å². The monoisotopic (exact) mass is 481 g/mol. The largest absolute Gasteiger partial charge is 0.449 e. The highest BCUT2D eigenvalue weighted by molar-refractivity contribution is 5.98. The van der Waals surface area contributed by atoms with Crippen molar-refractivity contribution in [1.29, 1.82) is 0 Å². The van der Waals surface area contributed by atoms with Crippen LogP contribution >= 0.6 is 0 Å². The molecule has 0 spiro atoms. The van der Waals surface area contributed by atoms with Crippen molar-refractivity contribution in [2.24, 2.45) is 0 Å². The summed E-state index contributed by atoms with van der Waals surface area (Å²) in [7, 11) is 4.25. The SMILES string of the molecule is CCC(CCCC1(C)Oc2cc3c(c(C)c2O1)CCN(Cc1c(C)cc(C)[nH]c1=O)C3=O)N(C)C. The molecular formula is C28H39N3O4. The normalized spacial score (nSPS) is 19.9. The van der Waals surface area contributed by atoms with Crippen LogP contribution in [0.3, 0.4) is 0 Å². The molecule has 0 radical (unpaired) electrons. The third kappa shape index (κ3) is 4.96. The van der Waals surface area contributed by atoms with Gasteiger partial charge in [-0.2, -0.15) is 0 Å². The molecule has 0 bridgehead atoms. The predicted octanol–water partition coefficient (Wildman–Crippen LogP) is 4.50. The van der Waals surface area contributed by atoms with Crippen molar-refractivity contribution < 1.29 is 14.3 Å². The van der Waals surface area contributed by atoms with Gasteiger partial charge in [0.2, 0.25) is 5.79 Å². The highest BCUT2D eigenvalue weighted by Crippen LogP contribution is 2.47. The van der Waals surface area contributed by atoms with Crippen molar-refractivity contribution in [2.45, 2.75) is 85.1 Å². The minimum Gasteiger partial charge on any atom is -0.449 e. The quantitative estimate of drug-likeness (QED) is 0.601. The minimum absolute atomic E-state index is 0.0644. The molecular weight excluding hydrogens is 442 g/mol. The number of nitrogens with zero attached hydrogens (tertiary/aromatic N) is 2. The first kappa shape index (κ1) is 25.3. The number of benzene rings is 1. The summed E-state index contributed by atoms with van der Waals surface area (Å²) in [5, 5.41) is 0. The second kappa shape index (κ2) is 9.69. The van der Waals surface area contributed by atoms with Gasteiger partial charge in [-0.15, -0.1) is 0 Å². The Morgan fingerprint density at radius 3 is 2.57 bits per heavy atom. The zero-order chi connectivity index (χ0) is 25.5. The summed E-state index contributed by atoms with van der Waals surface area (Å²) in [6.07, 6.45) is 4.71. The Labute approximate surface area is 208 Å². The standard InChI is InChI=1S/C28H39N3O4/c1-8-20(30(6)7)10-9-12-28(5)34-24-15-22-21(19(4)25(24)35-28)11-13-31(27(22)33)16-23-17(2)14-18(3)29-26(23)32/h14-15,20H,8-13,16H2,1-7H3,(H,29,32). The zero-order valence-electron chi connectivity index (χ0n) is 22.2. The molecule has 1 aromatic carbocycles. The summed E-state index contributed by atoms with van der Waals surface area (Å²) >= 11 is 0. The van der Waals surface area contributed by atoms with E-state index in [2.05, 4.69) is 30.9 Å². The van der Waals surface area contributed by atoms with Crippen molar-refractivity contribution >= 4 is 5.91 Å². The Hall–Kier alpha value is -2.80. The van der Waals surface area contributed by atoms with Gasteiger partial charge in [-0.05, 0) is 89.4 Å². The summed E-state index contributed by atoms with van der Waals surface area (Å²) in [5.41, 5.74) is 4.90. The molecule has 1 N–H and O–H groups in total. The van der Waals surface area contributed by atoms with Crippen LogP contribution in [-0.2, 0) is 13.0 Å². The average molecular weight is 482 g/mol. The van der Waals surface area contributed by atoms with Gasteiger partial charge < -0.3 is 24.3 Å². The molecule has 2 aromatic rings. The third-order valence-corrected chi connectivity index (χ3v) is 7.62. The van der Waals surface area contributed by atoms with E-state index in [1.165, 1.54) is 0 Å². The number of fused-ring (bicyclic) bond motifs is 2. The summed E-state index contributed by atoms with van der Waals surface area (Å²) in [4.78, 5) is 32.9. The molecule has 7 heteroatoms. The van der Waals surface area contributed by atoms with Crippen LogP contribution in [0.5, 0.6) is 11.5 Å². The molecule has 7 nitrogen and oxygen atoms in total. The molecule has 2 aliphatic heterocycles. The number of nitrogens with one attached hydrogen (secondary N) is 1. The number of amides is 1. The number of hydrogen-bond donors (Lipinski definition) is 1. The fourth-order valence-corrected chi connectivity index (χ4v) is 5.52. The lowest BCUT2D eigenvalue weighted by molar-refractivity contribution is -0.0706. The zero-order valence-corrected chi connectivity index (χ0v) is 22.2. The van der Waals surface area contributed by atoms with Crippen LogP contribution in [0.4, 0.5) is 0 Å². The summed E-state index contributed by atoms with van der Waals surface area (Å²) in [6, 6.07) is 4.34. The first-order valence-corrected chi connectivity index (χ1v) is 12.7. The molecule has 2 atom stereocenters. The molecule has 0 aliphatic carbocycles. The molecule has 0 saturated heterocycles. The van der Waals surface area contributed by atoms with Crippen LogP contribution in [0, 0.1) is 20.8 Å². The maximum Gasteiger partial charge on any atom is 0.254 e. The average Bonchev–Trinajstić information content (AvgIpc) is 3.12. The fraction of sp³-hybridized carbons (Fsp3) is 0.571. The van der Waals surface area contributed by atoms with Gasteiger partial charge in [0.05, 0.1) is 6.54 Å². The number of aromatic nitrogens is 1. The van der Waals surface area contributed by atoms with Crippen molar-refractivity contribution in [1.82, 2.24) is 14.8 Å². The predicted molar refractivity (Wildman–Crippen MR) is 137 cm³/mol. The second-order valence-corrected chi connectivity index (χ2v) is 10.5. The molecule has 35 heavy (non-hydrogen) atoms. The van der Waals surface area contributed by atoms with Gasteiger partial charge in [-0.1, -0.05) is 6.92 Å². The van der Waals surface area contributed by atoms with E-state index < -0.39 is 5.79 Å². The summed E-state index contributed by atoms with van der Waals surface area (Å²) in [5.74, 6) is 0.614. The first-order valence-electron chi connectivity index (χ1n) is 12.7. The highest BCUT2D eigenvalue weighted by atomic mass is 16.7. The maximum absolute atomic E-state index is 13.5. The molecule has 0 fully saturated rings. The van der Waals surface area contributed by atoms with Crippen LogP contribution in [0.25, 0.3) is 0 Å². The van der Waals surface area contributed by atoms with Crippen LogP contribution in [0.2, 0.25) is 0 Å². The molecule has 1 aromatic heterocycles. The van der Waals surface area contributed by atoms with Crippen molar-refractivity contribution in [2.75, 3.05) is 20.6 Å². The molecule has 0 saturated carbocycles. The topological polar surface area (TPSA) is 74.9 Å². The highest BCUT2D eigenvalue weighted by Gasteiger charge is 2.40. The van der Waals surface area contributed by atoms with Crippen molar-refractivity contribution in [3.05, 3.63) is 56.0 Å². The Balaban J connectivity index is 1.52. The van der Waals surface area contributed by atoms with Gasteiger partial charge >= 0.3 is 0 Å². The Morgan fingerprint density at radius 1 is 1.17 bits per heavy atom. The lowest BCUT2D eigenvalue weighted by Gasteiger charge is -2.30. The number of pyridine rings is 1. The third-order valence-electron chi connectivity index (χ3n) is 7.62. The van der Waals surface area contributed by atoms with Crippen LogP contribution in [0.1, 0.15) is 77.8 Å². The minimum atomic E-state index is -0.726. The van der Waals surface area contributed by atoms with E-state index in [9.17, 15) is 9.59 Å². The molecule has 190 valence electrons. The van der Waals surface area contributed by atoms with Crippen LogP contribution < -0.4 is 15.0 Å². The van der Waals surface area contributed by atoms with Gasteiger partial charge in [0.25, 0.3) is 11.5 Å². The number of H-pyrrole nitrogens is 1. The number of ether oxygens (including phenoxy) is 2. The Bertz CT molecular complexity index is 1190. The number of rotatable bonds is 8. The van der Waals surface area contributed by atoms with Gasteiger partial charge in [0.15, 0.2) is 11.5 Å². The van der Waals surface area contributed by atoms with Crippen molar-refractivity contribution in [3.63, 3.8) is 0 Å². The first-order chi connectivity index (χ1) is 16.5. The lowest BCUT2D eigenvalue weighted by Crippen LogP contribution is -2.39. The number of carbonyl (C=O) groups is 1. The number of hydrogen-bond acceptors (Lipinski definition) is 5. The Kier molecular flexibility index (Phi) is 7.00. The van der Waals surface area contributed by atoms with Gasteiger partial charge in [-0.25, -0.2) is 0 Å². The van der Waals surface area contributed by atoms with Gasteiger partial charge in [0, 0.05) is 42.8 Å². The smallest absolute Gasteiger partial charge is 0.254 e. The fourth-order valence-electron chi connectivity index (χ4n) is 5.52. The molecule has 3 heterocycles. The van der Waals surface area contributed by atoms with Crippen molar-refractivity contribution in [3.8, 4) is 11.5 Å². The number of aryl methyl sites for hydroxylation is 2. The maximum atomic E-state index is 13.5.